The number of aryl methyl sites for hydroxylation is 1. The second-order valence-electron chi connectivity index (χ2n) is 7.05. The summed E-state index contributed by atoms with van der Waals surface area (Å²) in [7, 11) is 0. The highest BCUT2D eigenvalue weighted by molar-refractivity contribution is 6.33. The first-order valence-corrected chi connectivity index (χ1v) is 10.6. The number of likely N-dealkylation sites (tertiary alicyclic amines) is 1. The van der Waals surface area contributed by atoms with Crippen molar-refractivity contribution < 1.29 is 14.3 Å². The average Bonchev–Trinajstić information content (AvgIpc) is 2.70. The number of aliphatic imine (C=N–C) groups is 1. The molecule has 1 saturated heterocycles. The van der Waals surface area contributed by atoms with Crippen molar-refractivity contribution in [3.8, 4) is 0 Å². The highest BCUT2D eigenvalue weighted by Gasteiger charge is 2.28. The molecule has 29 heavy (non-hydrogen) atoms. The van der Waals surface area contributed by atoms with Gasteiger partial charge in [0.15, 0.2) is 5.96 Å². The Morgan fingerprint density at radius 3 is 2.83 bits per heavy atom. The molecule has 1 amide bonds. The first kappa shape index (κ1) is 23.0. The van der Waals surface area contributed by atoms with E-state index >= 15 is 0 Å². The number of hydrogen-bond acceptors (Lipinski definition) is 4. The highest BCUT2D eigenvalue weighted by atomic mass is 35.5. The number of nitrogens with one attached hydrogen (secondary N) is 2. The molecular weight excluding hydrogens is 392 g/mol. The number of guanidine groups is 1. The van der Waals surface area contributed by atoms with E-state index in [2.05, 4.69) is 20.5 Å². The lowest BCUT2D eigenvalue weighted by Gasteiger charge is -2.34. The topological polar surface area (TPSA) is 83.0 Å². The summed E-state index contributed by atoms with van der Waals surface area (Å²) in [5.74, 6) is 0.294. The number of amides is 1. The van der Waals surface area contributed by atoms with E-state index in [1.165, 1.54) is 0 Å². The maximum atomic E-state index is 12.2. The Labute approximate surface area is 177 Å². The molecule has 1 aromatic carbocycles. The fourth-order valence-electron chi connectivity index (χ4n) is 3.25. The van der Waals surface area contributed by atoms with E-state index in [9.17, 15) is 9.59 Å². The van der Waals surface area contributed by atoms with Crippen LogP contribution in [0.1, 0.15) is 38.7 Å². The van der Waals surface area contributed by atoms with Gasteiger partial charge in [0.05, 0.1) is 29.8 Å². The SMILES string of the molecule is CCNC(=NCCC(=O)Nc1ccc(C)cc1Cl)N1CCC[C@H](C(=O)OCC)C1. The fraction of sp³-hybridized carbons (Fsp3) is 0.571. The van der Waals surface area contributed by atoms with Gasteiger partial charge in [-0.2, -0.15) is 0 Å². The summed E-state index contributed by atoms with van der Waals surface area (Å²) in [5.41, 5.74) is 1.64. The molecule has 1 aromatic rings. The molecule has 1 aliphatic rings. The monoisotopic (exact) mass is 422 g/mol. The van der Waals surface area contributed by atoms with Gasteiger partial charge < -0.3 is 20.3 Å². The van der Waals surface area contributed by atoms with Crippen LogP contribution in [0, 0.1) is 12.8 Å². The molecule has 1 fully saturated rings. The Balaban J connectivity index is 1.92. The Hall–Kier alpha value is -2.28. The summed E-state index contributed by atoms with van der Waals surface area (Å²) in [5, 5.41) is 6.60. The number of carbonyl (C=O) groups is 2. The number of piperidine rings is 1. The van der Waals surface area contributed by atoms with Gasteiger partial charge in [0, 0.05) is 26.1 Å². The van der Waals surface area contributed by atoms with Gasteiger partial charge in [0.2, 0.25) is 5.91 Å². The van der Waals surface area contributed by atoms with E-state index < -0.39 is 0 Å². The molecule has 8 heteroatoms. The number of benzene rings is 1. The van der Waals surface area contributed by atoms with Crippen molar-refractivity contribution in [2.75, 3.05) is 38.1 Å². The predicted octanol–water partition coefficient (Wildman–Crippen LogP) is 3.22. The van der Waals surface area contributed by atoms with Crippen LogP contribution in [0.5, 0.6) is 0 Å². The van der Waals surface area contributed by atoms with Crippen molar-refractivity contribution in [1.29, 1.82) is 0 Å². The number of ether oxygens (including phenoxy) is 1. The number of esters is 1. The third-order valence-corrected chi connectivity index (χ3v) is 4.99. The first-order chi connectivity index (χ1) is 13.9. The zero-order valence-electron chi connectivity index (χ0n) is 17.5. The molecule has 0 unspecified atom stereocenters. The zero-order chi connectivity index (χ0) is 21.2. The van der Waals surface area contributed by atoms with E-state index in [-0.39, 0.29) is 24.2 Å². The van der Waals surface area contributed by atoms with Crippen molar-refractivity contribution in [1.82, 2.24) is 10.2 Å². The molecule has 0 aliphatic carbocycles. The van der Waals surface area contributed by atoms with E-state index in [0.29, 0.717) is 37.0 Å². The Morgan fingerprint density at radius 1 is 1.34 bits per heavy atom. The van der Waals surface area contributed by atoms with Gasteiger partial charge in [0.1, 0.15) is 0 Å². The van der Waals surface area contributed by atoms with Crippen LogP contribution >= 0.6 is 11.6 Å². The summed E-state index contributed by atoms with van der Waals surface area (Å²) < 4.78 is 5.17. The summed E-state index contributed by atoms with van der Waals surface area (Å²) in [6, 6.07) is 5.51. The molecular formula is C21H31ClN4O3. The van der Waals surface area contributed by atoms with Gasteiger partial charge in [-0.3, -0.25) is 14.6 Å². The van der Waals surface area contributed by atoms with Crippen LogP contribution in [0.3, 0.4) is 0 Å². The molecule has 0 radical (unpaired) electrons. The third-order valence-electron chi connectivity index (χ3n) is 4.67. The van der Waals surface area contributed by atoms with Crippen LogP contribution in [-0.2, 0) is 14.3 Å². The van der Waals surface area contributed by atoms with Crippen molar-refractivity contribution in [2.24, 2.45) is 10.9 Å². The van der Waals surface area contributed by atoms with Crippen molar-refractivity contribution >= 4 is 35.1 Å². The number of halogens is 1. The van der Waals surface area contributed by atoms with Crippen LogP contribution in [0.25, 0.3) is 0 Å². The summed E-state index contributed by atoms with van der Waals surface area (Å²) in [4.78, 5) is 31.0. The first-order valence-electron chi connectivity index (χ1n) is 10.2. The Kier molecular flexibility index (Phi) is 9.25. The molecule has 2 N–H and O–H groups in total. The predicted molar refractivity (Wildman–Crippen MR) is 116 cm³/mol. The molecule has 160 valence electrons. The van der Waals surface area contributed by atoms with Crippen molar-refractivity contribution in [3.63, 3.8) is 0 Å². The molecule has 7 nitrogen and oxygen atoms in total. The molecule has 0 bridgehead atoms. The van der Waals surface area contributed by atoms with E-state index in [1.54, 1.807) is 6.07 Å². The van der Waals surface area contributed by atoms with Crippen LogP contribution in [0.2, 0.25) is 5.02 Å². The largest absolute Gasteiger partial charge is 0.466 e. The van der Waals surface area contributed by atoms with Gasteiger partial charge in [0.25, 0.3) is 0 Å². The third kappa shape index (κ3) is 7.24. The lowest BCUT2D eigenvalue weighted by molar-refractivity contribution is -0.149. The number of hydrogen-bond donors (Lipinski definition) is 2. The van der Waals surface area contributed by atoms with Gasteiger partial charge >= 0.3 is 5.97 Å². The summed E-state index contributed by atoms with van der Waals surface area (Å²) in [6.07, 6.45) is 1.98. The Bertz CT molecular complexity index is 739. The zero-order valence-corrected chi connectivity index (χ0v) is 18.2. The molecule has 0 spiro atoms. The average molecular weight is 423 g/mol. The smallest absolute Gasteiger partial charge is 0.310 e. The molecule has 1 heterocycles. The van der Waals surface area contributed by atoms with E-state index in [4.69, 9.17) is 16.3 Å². The molecule has 1 atom stereocenters. The molecule has 0 aromatic heterocycles. The quantitative estimate of drug-likeness (QED) is 0.400. The van der Waals surface area contributed by atoms with Crippen LogP contribution in [-0.4, -0.2) is 55.5 Å². The second kappa shape index (κ2) is 11.7. The van der Waals surface area contributed by atoms with Crippen molar-refractivity contribution in [3.05, 3.63) is 28.8 Å². The van der Waals surface area contributed by atoms with Crippen LogP contribution in [0.15, 0.2) is 23.2 Å². The minimum atomic E-state index is -0.151. The van der Waals surface area contributed by atoms with E-state index in [0.717, 1.165) is 30.9 Å². The van der Waals surface area contributed by atoms with Gasteiger partial charge in [-0.05, 0) is 51.3 Å². The standard InChI is InChI=1S/C21H31ClN4O3/c1-4-23-21(26-12-6-7-16(14-26)20(28)29-5-2)24-11-10-19(27)25-18-9-8-15(3)13-17(18)22/h8-9,13,16H,4-7,10-12,14H2,1-3H3,(H,23,24)(H,25,27)/t16-/m0/s1. The number of rotatable bonds is 7. The number of anilines is 1. The van der Waals surface area contributed by atoms with Crippen LogP contribution in [0.4, 0.5) is 5.69 Å². The summed E-state index contributed by atoms with van der Waals surface area (Å²) in [6.45, 7) is 8.62. The van der Waals surface area contributed by atoms with Gasteiger partial charge in [-0.15, -0.1) is 0 Å². The maximum Gasteiger partial charge on any atom is 0.310 e. The Morgan fingerprint density at radius 2 is 2.14 bits per heavy atom. The number of carbonyl (C=O) groups excluding carboxylic acids is 2. The molecule has 1 aliphatic heterocycles. The fourth-order valence-corrected chi connectivity index (χ4v) is 3.53. The van der Waals surface area contributed by atoms with Gasteiger partial charge in [-0.1, -0.05) is 17.7 Å². The minimum Gasteiger partial charge on any atom is -0.466 e. The minimum absolute atomic E-state index is 0.139. The molecule has 0 saturated carbocycles. The van der Waals surface area contributed by atoms with E-state index in [1.807, 2.05) is 32.9 Å². The lowest BCUT2D eigenvalue weighted by atomic mass is 9.98. The highest BCUT2D eigenvalue weighted by Crippen LogP contribution is 2.23. The maximum absolute atomic E-state index is 12.2. The number of nitrogens with zero attached hydrogens (tertiary/aromatic N) is 2. The van der Waals surface area contributed by atoms with Crippen LogP contribution < -0.4 is 10.6 Å². The van der Waals surface area contributed by atoms with Crippen molar-refractivity contribution in [2.45, 2.75) is 40.0 Å². The van der Waals surface area contributed by atoms with Gasteiger partial charge in [-0.25, -0.2) is 0 Å². The molecule has 2 rings (SSSR count). The second-order valence-corrected chi connectivity index (χ2v) is 7.46. The summed E-state index contributed by atoms with van der Waals surface area (Å²) >= 11 is 6.17. The lowest BCUT2D eigenvalue weighted by Crippen LogP contribution is -2.48. The normalized spacial score (nSPS) is 17.0.